The number of benzene rings is 1. The number of aliphatic hydroxyl groups excluding tert-OH is 1. The van der Waals surface area contributed by atoms with Crippen LogP contribution < -0.4 is 16.4 Å². The van der Waals surface area contributed by atoms with Crippen molar-refractivity contribution in [3.8, 4) is 0 Å². The first kappa shape index (κ1) is 21.4. The monoisotopic (exact) mass is 390 g/mol. The average molecular weight is 390 g/mol. The van der Waals surface area contributed by atoms with Crippen molar-refractivity contribution in [3.05, 3.63) is 36.0 Å². The van der Waals surface area contributed by atoms with E-state index in [4.69, 9.17) is 15.9 Å². The Hall–Kier alpha value is -2.91. The number of carboxylic acid groups (broad SMARTS) is 1. The highest BCUT2D eigenvalue weighted by Crippen LogP contribution is 2.18. The molecule has 28 heavy (non-hydrogen) atoms. The topological polar surface area (TPSA) is 158 Å². The minimum absolute atomic E-state index is 0.274. The summed E-state index contributed by atoms with van der Waals surface area (Å²) in [6.07, 6.45) is 2.07. The van der Waals surface area contributed by atoms with Crippen LogP contribution in [-0.4, -0.2) is 57.7 Å². The molecule has 9 nitrogen and oxygen atoms in total. The molecule has 3 unspecified atom stereocenters. The molecule has 3 atom stereocenters. The first-order valence-electron chi connectivity index (χ1n) is 8.99. The molecule has 2 amide bonds. The van der Waals surface area contributed by atoms with E-state index in [1.54, 1.807) is 20.0 Å². The molecule has 1 aromatic heterocycles. The van der Waals surface area contributed by atoms with Crippen LogP contribution in [0.2, 0.25) is 0 Å². The molecule has 7 N–H and O–H groups in total. The van der Waals surface area contributed by atoms with Crippen LogP contribution in [0.25, 0.3) is 10.9 Å². The molecule has 1 aromatic carbocycles. The zero-order valence-electron chi connectivity index (χ0n) is 15.8. The molecule has 1 heterocycles. The highest BCUT2D eigenvalue weighted by molar-refractivity contribution is 5.92. The van der Waals surface area contributed by atoms with Crippen LogP contribution in [0.3, 0.4) is 0 Å². The first-order chi connectivity index (χ1) is 13.2. The molecule has 9 heteroatoms. The number of nitrogens with one attached hydrogen (secondary N) is 3. The van der Waals surface area contributed by atoms with Gasteiger partial charge in [0.1, 0.15) is 12.1 Å². The Kier molecular flexibility index (Phi) is 7.13. The number of aromatic nitrogens is 1. The Morgan fingerprint density at radius 1 is 1.14 bits per heavy atom. The maximum absolute atomic E-state index is 12.5. The van der Waals surface area contributed by atoms with E-state index in [9.17, 15) is 14.4 Å². The molecule has 0 spiro atoms. The van der Waals surface area contributed by atoms with Gasteiger partial charge in [0, 0.05) is 17.1 Å². The number of aliphatic carboxylic acids is 1. The van der Waals surface area contributed by atoms with Crippen molar-refractivity contribution in [2.24, 2.45) is 11.7 Å². The van der Waals surface area contributed by atoms with Crippen molar-refractivity contribution in [1.82, 2.24) is 15.6 Å². The Labute approximate surface area is 162 Å². The number of para-hydroxylation sites is 1. The van der Waals surface area contributed by atoms with Gasteiger partial charge in [-0.2, -0.15) is 0 Å². The number of fused-ring (bicyclic) bond motifs is 1. The number of H-pyrrole nitrogens is 1. The van der Waals surface area contributed by atoms with Crippen molar-refractivity contribution >= 4 is 28.7 Å². The second kappa shape index (κ2) is 9.34. The standard InChI is InChI=1S/C19H26N4O5/c1-10(2)16(18(26)22-15(9-24)19(27)28)23-17(25)13(20)7-11-8-21-14-6-4-3-5-12(11)14/h3-6,8,10,13,15-16,21,24H,7,9,20H2,1-2H3,(H,22,26)(H,23,25)(H,27,28). The Balaban J connectivity index is 2.04. The third-order valence-corrected chi connectivity index (χ3v) is 4.50. The van der Waals surface area contributed by atoms with Crippen LogP contribution in [0.15, 0.2) is 30.5 Å². The van der Waals surface area contributed by atoms with Gasteiger partial charge in [-0.15, -0.1) is 0 Å². The number of hydrogen-bond donors (Lipinski definition) is 6. The lowest BCUT2D eigenvalue weighted by molar-refractivity contribution is -0.143. The van der Waals surface area contributed by atoms with Gasteiger partial charge < -0.3 is 31.6 Å². The van der Waals surface area contributed by atoms with E-state index >= 15 is 0 Å². The van der Waals surface area contributed by atoms with Crippen LogP contribution in [0.1, 0.15) is 19.4 Å². The van der Waals surface area contributed by atoms with E-state index in [0.717, 1.165) is 16.5 Å². The van der Waals surface area contributed by atoms with Gasteiger partial charge in [-0.3, -0.25) is 9.59 Å². The average Bonchev–Trinajstić information content (AvgIpc) is 3.06. The van der Waals surface area contributed by atoms with Gasteiger partial charge in [-0.1, -0.05) is 32.0 Å². The number of nitrogens with two attached hydrogens (primary N) is 1. The van der Waals surface area contributed by atoms with Crippen molar-refractivity contribution < 1.29 is 24.6 Å². The fraction of sp³-hybridized carbons (Fsp3) is 0.421. The fourth-order valence-corrected chi connectivity index (χ4v) is 2.87. The van der Waals surface area contributed by atoms with Gasteiger partial charge in [0.05, 0.1) is 12.6 Å². The number of hydrogen-bond acceptors (Lipinski definition) is 5. The Morgan fingerprint density at radius 3 is 2.43 bits per heavy atom. The van der Waals surface area contributed by atoms with E-state index < -0.39 is 42.5 Å². The number of aliphatic hydroxyl groups is 1. The van der Waals surface area contributed by atoms with Gasteiger partial charge in [0.25, 0.3) is 0 Å². The molecule has 0 radical (unpaired) electrons. The highest BCUT2D eigenvalue weighted by atomic mass is 16.4. The minimum atomic E-state index is -1.44. The molecule has 0 aliphatic heterocycles. The van der Waals surface area contributed by atoms with Gasteiger partial charge >= 0.3 is 5.97 Å². The molecule has 0 saturated carbocycles. The molecule has 152 valence electrons. The normalized spacial score (nSPS) is 14.5. The summed E-state index contributed by atoms with van der Waals surface area (Å²) in [5, 5.41) is 23.8. The summed E-state index contributed by atoms with van der Waals surface area (Å²) in [5.41, 5.74) is 7.85. The van der Waals surface area contributed by atoms with Gasteiger partial charge in [0.2, 0.25) is 11.8 Å². The predicted octanol–water partition coefficient (Wildman–Crippen LogP) is -0.260. The molecule has 0 fully saturated rings. The third kappa shape index (κ3) is 5.08. The fourth-order valence-electron chi connectivity index (χ4n) is 2.87. The molecule has 2 aromatic rings. The number of carboxylic acids is 1. The van der Waals surface area contributed by atoms with Gasteiger partial charge in [0.15, 0.2) is 0 Å². The zero-order valence-corrected chi connectivity index (χ0v) is 15.8. The summed E-state index contributed by atoms with van der Waals surface area (Å²) >= 11 is 0. The number of aromatic amines is 1. The molecule has 0 saturated heterocycles. The number of carbonyl (C=O) groups is 3. The SMILES string of the molecule is CC(C)C(NC(=O)C(N)Cc1c[nH]c2ccccc12)C(=O)NC(CO)C(=O)O. The third-order valence-electron chi connectivity index (χ3n) is 4.50. The smallest absolute Gasteiger partial charge is 0.328 e. The van der Waals surface area contributed by atoms with Gasteiger partial charge in [-0.25, -0.2) is 4.79 Å². The summed E-state index contributed by atoms with van der Waals surface area (Å²) in [5.74, 6) is -2.88. The van der Waals surface area contributed by atoms with E-state index in [0.29, 0.717) is 0 Å². The maximum atomic E-state index is 12.5. The highest BCUT2D eigenvalue weighted by Gasteiger charge is 2.29. The summed E-state index contributed by atoms with van der Waals surface area (Å²) < 4.78 is 0. The second-order valence-corrected chi connectivity index (χ2v) is 6.98. The second-order valence-electron chi connectivity index (χ2n) is 6.98. The Bertz CT molecular complexity index is 848. The van der Waals surface area contributed by atoms with Crippen molar-refractivity contribution in [3.63, 3.8) is 0 Å². The van der Waals surface area contributed by atoms with E-state index in [1.165, 1.54) is 0 Å². The number of rotatable bonds is 9. The molecule has 2 rings (SSSR count). The molecular weight excluding hydrogens is 364 g/mol. The number of amides is 2. The zero-order chi connectivity index (χ0) is 20.8. The molecular formula is C19H26N4O5. The van der Waals surface area contributed by atoms with Crippen LogP contribution in [-0.2, 0) is 20.8 Å². The van der Waals surface area contributed by atoms with Gasteiger partial charge in [-0.05, 0) is 24.0 Å². The lowest BCUT2D eigenvalue weighted by Gasteiger charge is -2.24. The molecule has 0 aliphatic carbocycles. The lowest BCUT2D eigenvalue weighted by Crippen LogP contribution is -2.57. The summed E-state index contributed by atoms with van der Waals surface area (Å²) in [4.78, 5) is 39.0. The van der Waals surface area contributed by atoms with E-state index in [1.807, 2.05) is 24.3 Å². The first-order valence-corrected chi connectivity index (χ1v) is 8.99. The van der Waals surface area contributed by atoms with Crippen LogP contribution in [0.4, 0.5) is 0 Å². The lowest BCUT2D eigenvalue weighted by atomic mass is 10.0. The number of carbonyl (C=O) groups excluding carboxylic acids is 2. The van der Waals surface area contributed by atoms with E-state index in [2.05, 4.69) is 15.6 Å². The largest absolute Gasteiger partial charge is 0.480 e. The minimum Gasteiger partial charge on any atom is -0.480 e. The molecule has 0 bridgehead atoms. The van der Waals surface area contributed by atoms with Crippen molar-refractivity contribution in [2.45, 2.75) is 38.4 Å². The predicted molar refractivity (Wildman–Crippen MR) is 103 cm³/mol. The van der Waals surface area contributed by atoms with Crippen LogP contribution in [0, 0.1) is 5.92 Å². The maximum Gasteiger partial charge on any atom is 0.328 e. The Morgan fingerprint density at radius 2 is 1.82 bits per heavy atom. The van der Waals surface area contributed by atoms with E-state index in [-0.39, 0.29) is 12.3 Å². The quantitative estimate of drug-likeness (QED) is 0.346. The van der Waals surface area contributed by atoms with Crippen molar-refractivity contribution in [1.29, 1.82) is 0 Å². The van der Waals surface area contributed by atoms with Crippen LogP contribution >= 0.6 is 0 Å². The van der Waals surface area contributed by atoms with Crippen LogP contribution in [0.5, 0.6) is 0 Å². The summed E-state index contributed by atoms with van der Waals surface area (Å²) in [6.45, 7) is 2.68. The summed E-state index contributed by atoms with van der Waals surface area (Å²) in [6, 6.07) is 4.34. The summed E-state index contributed by atoms with van der Waals surface area (Å²) in [7, 11) is 0. The molecule has 0 aliphatic rings. The van der Waals surface area contributed by atoms with Crippen molar-refractivity contribution in [2.75, 3.05) is 6.61 Å².